The second-order valence-electron chi connectivity index (χ2n) is 4.53. The maximum Gasteiger partial charge on any atom is 0.409 e. The average molecular weight is 214 g/mol. The second-order valence-corrected chi connectivity index (χ2v) is 4.53. The van der Waals surface area contributed by atoms with Gasteiger partial charge in [-0.2, -0.15) is 0 Å². The quantitative estimate of drug-likeness (QED) is 0.712. The molecule has 1 aliphatic rings. The molecular weight excluding hydrogens is 192 g/mol. The lowest BCUT2D eigenvalue weighted by Gasteiger charge is -2.48. The molecule has 0 aromatic rings. The number of amides is 1. The van der Waals surface area contributed by atoms with Gasteiger partial charge in [0.05, 0.1) is 6.61 Å². The molecular formula is C11H22N2O2. The minimum atomic E-state index is -0.217. The molecule has 15 heavy (non-hydrogen) atoms. The van der Waals surface area contributed by atoms with Gasteiger partial charge in [-0.3, -0.25) is 0 Å². The van der Waals surface area contributed by atoms with Gasteiger partial charge in [0.25, 0.3) is 0 Å². The third-order valence-corrected chi connectivity index (χ3v) is 3.34. The van der Waals surface area contributed by atoms with Crippen LogP contribution in [-0.2, 0) is 4.74 Å². The van der Waals surface area contributed by atoms with Gasteiger partial charge in [-0.15, -0.1) is 0 Å². The maximum atomic E-state index is 11.5. The van der Waals surface area contributed by atoms with Crippen molar-refractivity contribution in [3.8, 4) is 0 Å². The Morgan fingerprint density at radius 3 is 2.27 bits per heavy atom. The Bertz CT molecular complexity index is 225. The van der Waals surface area contributed by atoms with Crippen molar-refractivity contribution in [1.29, 1.82) is 0 Å². The van der Waals surface area contributed by atoms with E-state index in [1.807, 2.05) is 14.0 Å². The van der Waals surface area contributed by atoms with E-state index in [4.69, 9.17) is 4.74 Å². The summed E-state index contributed by atoms with van der Waals surface area (Å²) in [4.78, 5) is 15.4. The zero-order valence-corrected chi connectivity index (χ0v) is 10.2. The monoisotopic (exact) mass is 214 g/mol. The van der Waals surface area contributed by atoms with Crippen molar-refractivity contribution in [2.75, 3.05) is 34.3 Å². The van der Waals surface area contributed by atoms with Crippen molar-refractivity contribution in [3.63, 3.8) is 0 Å². The van der Waals surface area contributed by atoms with Crippen LogP contribution in [0.25, 0.3) is 0 Å². The fourth-order valence-corrected chi connectivity index (χ4v) is 2.07. The molecule has 1 fully saturated rings. The van der Waals surface area contributed by atoms with Crippen LogP contribution in [-0.4, -0.2) is 55.7 Å². The molecule has 1 aliphatic carbocycles. The predicted molar refractivity (Wildman–Crippen MR) is 59.9 cm³/mol. The number of carbonyl (C=O) groups excluding carboxylic acids is 1. The second kappa shape index (κ2) is 4.84. The van der Waals surface area contributed by atoms with E-state index in [0.29, 0.717) is 6.61 Å². The van der Waals surface area contributed by atoms with Crippen molar-refractivity contribution in [3.05, 3.63) is 0 Å². The van der Waals surface area contributed by atoms with E-state index in [-0.39, 0.29) is 11.6 Å². The van der Waals surface area contributed by atoms with Crippen molar-refractivity contribution >= 4 is 6.09 Å². The van der Waals surface area contributed by atoms with E-state index in [2.05, 4.69) is 19.0 Å². The molecule has 4 heteroatoms. The first kappa shape index (κ1) is 12.3. The predicted octanol–water partition coefficient (Wildman–Crippen LogP) is 1.56. The summed E-state index contributed by atoms with van der Waals surface area (Å²) in [6.45, 7) is 3.04. The molecule has 0 aromatic carbocycles. The number of ether oxygens (including phenoxy) is 1. The van der Waals surface area contributed by atoms with Crippen molar-refractivity contribution in [2.24, 2.45) is 0 Å². The highest BCUT2D eigenvalue weighted by Crippen LogP contribution is 2.36. The zero-order chi connectivity index (χ0) is 11.5. The van der Waals surface area contributed by atoms with Crippen LogP contribution < -0.4 is 0 Å². The van der Waals surface area contributed by atoms with E-state index in [0.717, 1.165) is 6.54 Å². The topological polar surface area (TPSA) is 32.8 Å². The highest BCUT2D eigenvalue weighted by molar-refractivity contribution is 5.67. The Labute approximate surface area is 92.2 Å². The van der Waals surface area contributed by atoms with Gasteiger partial charge in [0.15, 0.2) is 0 Å². The van der Waals surface area contributed by atoms with E-state index >= 15 is 0 Å². The van der Waals surface area contributed by atoms with Gasteiger partial charge in [-0.25, -0.2) is 4.79 Å². The lowest BCUT2D eigenvalue weighted by molar-refractivity contribution is 0.0236. The first-order valence-electron chi connectivity index (χ1n) is 5.57. The average Bonchev–Trinajstić information content (AvgIpc) is 2.10. The Balaban J connectivity index is 2.48. The minimum absolute atomic E-state index is 0.182. The Hall–Kier alpha value is -0.770. The lowest BCUT2D eigenvalue weighted by Crippen LogP contribution is -2.57. The van der Waals surface area contributed by atoms with Crippen LogP contribution in [0.3, 0.4) is 0 Å². The Morgan fingerprint density at radius 1 is 1.33 bits per heavy atom. The van der Waals surface area contributed by atoms with Gasteiger partial charge < -0.3 is 14.5 Å². The molecule has 0 atom stereocenters. The number of nitrogens with zero attached hydrogens (tertiary/aromatic N) is 2. The number of likely N-dealkylation sites (N-methyl/N-ethyl adjacent to an activating group) is 2. The number of hydrogen-bond acceptors (Lipinski definition) is 3. The molecule has 0 aromatic heterocycles. The van der Waals surface area contributed by atoms with Gasteiger partial charge in [-0.1, -0.05) is 0 Å². The minimum Gasteiger partial charge on any atom is -0.450 e. The Morgan fingerprint density at radius 2 is 1.93 bits per heavy atom. The molecule has 0 N–H and O–H groups in total. The number of rotatable bonds is 4. The highest BCUT2D eigenvalue weighted by atomic mass is 16.6. The lowest BCUT2D eigenvalue weighted by atomic mass is 9.75. The van der Waals surface area contributed by atoms with Gasteiger partial charge in [-0.05, 0) is 40.3 Å². The molecule has 0 saturated heterocycles. The molecule has 4 nitrogen and oxygen atoms in total. The fraction of sp³-hybridized carbons (Fsp3) is 0.909. The van der Waals surface area contributed by atoms with E-state index in [1.54, 1.807) is 4.90 Å². The molecule has 1 saturated carbocycles. The van der Waals surface area contributed by atoms with Crippen LogP contribution >= 0.6 is 0 Å². The molecule has 1 rings (SSSR count). The summed E-state index contributed by atoms with van der Waals surface area (Å²) < 4.78 is 4.97. The van der Waals surface area contributed by atoms with Crippen LogP contribution in [0.4, 0.5) is 4.79 Å². The number of carbonyl (C=O) groups is 1. The number of hydrogen-bond donors (Lipinski definition) is 0. The Kier molecular flexibility index (Phi) is 3.97. The van der Waals surface area contributed by atoms with E-state index in [9.17, 15) is 4.79 Å². The SMILES string of the molecule is CCOC(=O)N(C)CC1(N(C)C)CCC1. The van der Waals surface area contributed by atoms with Gasteiger partial charge in [0, 0.05) is 19.1 Å². The fourth-order valence-electron chi connectivity index (χ4n) is 2.07. The van der Waals surface area contributed by atoms with Crippen LogP contribution in [0.15, 0.2) is 0 Å². The van der Waals surface area contributed by atoms with Crippen molar-refractivity contribution in [2.45, 2.75) is 31.7 Å². The third-order valence-electron chi connectivity index (χ3n) is 3.34. The summed E-state index contributed by atoms with van der Waals surface area (Å²) in [6.07, 6.45) is 3.38. The first-order chi connectivity index (χ1) is 7.02. The van der Waals surface area contributed by atoms with Gasteiger partial charge >= 0.3 is 6.09 Å². The first-order valence-corrected chi connectivity index (χ1v) is 5.57. The standard InChI is InChI=1S/C11H22N2O2/c1-5-15-10(14)13(4)9-11(12(2)3)7-6-8-11/h5-9H2,1-4H3. The summed E-state index contributed by atoms with van der Waals surface area (Å²) in [7, 11) is 5.97. The largest absolute Gasteiger partial charge is 0.450 e. The van der Waals surface area contributed by atoms with Crippen LogP contribution in [0.2, 0.25) is 0 Å². The molecule has 0 radical (unpaired) electrons. The molecule has 0 unspecified atom stereocenters. The van der Waals surface area contributed by atoms with E-state index in [1.165, 1.54) is 19.3 Å². The van der Waals surface area contributed by atoms with E-state index < -0.39 is 0 Å². The molecule has 0 heterocycles. The zero-order valence-electron chi connectivity index (χ0n) is 10.2. The van der Waals surface area contributed by atoms with Crippen molar-refractivity contribution < 1.29 is 9.53 Å². The smallest absolute Gasteiger partial charge is 0.409 e. The summed E-state index contributed by atoms with van der Waals surface area (Å²) >= 11 is 0. The molecule has 0 bridgehead atoms. The molecule has 0 spiro atoms. The third kappa shape index (κ3) is 2.62. The van der Waals surface area contributed by atoms with Gasteiger partial charge in [0.2, 0.25) is 0 Å². The summed E-state index contributed by atoms with van der Waals surface area (Å²) in [5, 5.41) is 0. The maximum absolute atomic E-state index is 11.5. The normalized spacial score (nSPS) is 18.5. The van der Waals surface area contributed by atoms with Crippen LogP contribution in [0, 0.1) is 0 Å². The summed E-state index contributed by atoms with van der Waals surface area (Å²) in [5.74, 6) is 0. The molecule has 0 aliphatic heterocycles. The summed E-state index contributed by atoms with van der Waals surface area (Å²) in [5.41, 5.74) is 0.182. The molecule has 88 valence electrons. The highest BCUT2D eigenvalue weighted by Gasteiger charge is 2.40. The van der Waals surface area contributed by atoms with Crippen LogP contribution in [0.1, 0.15) is 26.2 Å². The van der Waals surface area contributed by atoms with Crippen molar-refractivity contribution in [1.82, 2.24) is 9.80 Å². The van der Waals surface area contributed by atoms with Crippen LogP contribution in [0.5, 0.6) is 0 Å². The molecule has 1 amide bonds. The van der Waals surface area contributed by atoms with Gasteiger partial charge in [0.1, 0.15) is 0 Å². The summed E-state index contributed by atoms with van der Waals surface area (Å²) in [6, 6.07) is 0.